The smallest absolute Gasteiger partial charge is 0.320 e. The molecule has 1 aliphatic heterocycles. The molecule has 0 aromatic heterocycles. The van der Waals surface area contributed by atoms with Gasteiger partial charge in [0.2, 0.25) is 0 Å². The molecule has 5 N–H and O–H groups in total. The number of carbonyl (C=O) groups is 2. The minimum absolute atomic E-state index is 0.406. The molecule has 20 heavy (non-hydrogen) atoms. The molecule has 0 aromatic rings. The van der Waals surface area contributed by atoms with Crippen molar-refractivity contribution in [2.75, 3.05) is 19.6 Å². The molecule has 1 rings (SSSR count). The first-order valence-electron chi connectivity index (χ1n) is 6.89. The fourth-order valence-corrected chi connectivity index (χ4v) is 3.71. The van der Waals surface area contributed by atoms with Crippen molar-refractivity contribution in [1.29, 1.82) is 0 Å². The number of piperidine rings is 1. The summed E-state index contributed by atoms with van der Waals surface area (Å²) in [5, 5.41) is 7.73. The first-order valence-corrected chi connectivity index (χ1v) is 8.29. The van der Waals surface area contributed by atoms with Crippen LogP contribution in [-0.2, 0) is 9.36 Å². The Balaban J connectivity index is 2.89. The maximum atomic E-state index is 12.5. The Morgan fingerprint density at radius 3 is 2.80 bits per heavy atom. The van der Waals surface area contributed by atoms with E-state index in [1.807, 2.05) is 6.92 Å². The Bertz CT molecular complexity index is 392. The van der Waals surface area contributed by atoms with Crippen molar-refractivity contribution in [1.82, 2.24) is 20.7 Å². The molecule has 1 saturated heterocycles. The molecule has 1 heterocycles. The maximum absolute atomic E-state index is 12.5. The predicted molar refractivity (Wildman–Crippen MR) is 77.4 cm³/mol. The van der Waals surface area contributed by atoms with Gasteiger partial charge >= 0.3 is 6.03 Å². The Morgan fingerprint density at radius 1 is 1.50 bits per heavy atom. The fourth-order valence-electron chi connectivity index (χ4n) is 2.18. The first kappa shape index (κ1) is 16.9. The summed E-state index contributed by atoms with van der Waals surface area (Å²) in [5.74, 6) is 5.23. The normalized spacial score (nSPS) is 24.4. The molecule has 3 amide bonds. The van der Waals surface area contributed by atoms with Crippen LogP contribution in [0.2, 0.25) is 0 Å². The number of urea groups is 1. The minimum Gasteiger partial charge on any atom is -0.338 e. The molecule has 9 heteroatoms. The SMILES string of the molecule is CCCN[C@]1([PH](=O)NC(=O)NCC)CCCN(N)C1=O. The van der Waals surface area contributed by atoms with Crippen molar-refractivity contribution in [2.45, 2.75) is 38.4 Å². The van der Waals surface area contributed by atoms with Crippen LogP contribution in [0.1, 0.15) is 33.1 Å². The molecule has 0 radical (unpaired) electrons. The predicted octanol–water partition coefficient (Wildman–Crippen LogP) is -0.0278. The quantitative estimate of drug-likeness (QED) is 0.312. The minimum atomic E-state index is -2.72. The highest BCUT2D eigenvalue weighted by Crippen LogP contribution is 2.40. The van der Waals surface area contributed by atoms with Gasteiger partial charge in [-0.15, -0.1) is 0 Å². The van der Waals surface area contributed by atoms with E-state index < -0.39 is 25.2 Å². The lowest BCUT2D eigenvalue weighted by Crippen LogP contribution is -2.62. The third-order valence-electron chi connectivity index (χ3n) is 3.21. The Labute approximate surface area is 119 Å². The van der Waals surface area contributed by atoms with Gasteiger partial charge in [-0.1, -0.05) is 6.92 Å². The zero-order chi connectivity index (χ0) is 15.2. The standard InChI is InChI=1S/C11H24N5O3P/c1-3-7-14-11(6-5-8-16(12)9(11)17)20(19)15-10(18)13-4-2/h14,20H,3-8,12H2,1-2H3,(H2,13,15,18,19)/t11-/m0/s1. The van der Waals surface area contributed by atoms with Gasteiger partial charge in [-0.05, 0) is 32.7 Å². The number of hydrogen-bond acceptors (Lipinski definition) is 5. The molecular formula is C11H24N5O3P. The van der Waals surface area contributed by atoms with E-state index in [1.54, 1.807) is 6.92 Å². The average molecular weight is 305 g/mol. The summed E-state index contributed by atoms with van der Waals surface area (Å²) in [5.41, 5.74) is 0. The Morgan fingerprint density at radius 2 is 2.20 bits per heavy atom. The summed E-state index contributed by atoms with van der Waals surface area (Å²) in [6, 6.07) is -0.531. The highest BCUT2D eigenvalue weighted by atomic mass is 31.1. The van der Waals surface area contributed by atoms with E-state index in [0.29, 0.717) is 32.5 Å². The van der Waals surface area contributed by atoms with Crippen LogP contribution in [0.5, 0.6) is 0 Å². The average Bonchev–Trinajstić information content (AvgIpc) is 2.41. The molecular weight excluding hydrogens is 281 g/mol. The van der Waals surface area contributed by atoms with Crippen LogP contribution in [0.25, 0.3) is 0 Å². The summed E-state index contributed by atoms with van der Waals surface area (Å²) in [6.45, 7) is 5.10. The highest BCUT2D eigenvalue weighted by molar-refractivity contribution is 7.46. The zero-order valence-corrected chi connectivity index (χ0v) is 13.0. The van der Waals surface area contributed by atoms with Crippen LogP contribution < -0.4 is 21.6 Å². The van der Waals surface area contributed by atoms with Crippen LogP contribution in [0, 0.1) is 0 Å². The van der Waals surface area contributed by atoms with Gasteiger partial charge in [0.05, 0.1) is 0 Å². The van der Waals surface area contributed by atoms with Crippen molar-refractivity contribution in [2.24, 2.45) is 5.84 Å². The maximum Gasteiger partial charge on any atom is 0.320 e. The van der Waals surface area contributed by atoms with Gasteiger partial charge < -0.3 is 9.88 Å². The molecule has 116 valence electrons. The van der Waals surface area contributed by atoms with E-state index in [2.05, 4.69) is 15.7 Å². The molecule has 0 aliphatic carbocycles. The first-order chi connectivity index (χ1) is 9.47. The van der Waals surface area contributed by atoms with Gasteiger partial charge in [0.1, 0.15) is 0 Å². The lowest BCUT2D eigenvalue weighted by Gasteiger charge is -2.39. The number of amides is 3. The van der Waals surface area contributed by atoms with Crippen molar-refractivity contribution in [3.8, 4) is 0 Å². The number of nitrogens with two attached hydrogens (primary N) is 1. The van der Waals surface area contributed by atoms with Crippen molar-refractivity contribution in [3.63, 3.8) is 0 Å². The number of carbonyl (C=O) groups excluding carboxylic acids is 2. The second kappa shape index (κ2) is 7.61. The monoisotopic (exact) mass is 305 g/mol. The third-order valence-corrected chi connectivity index (χ3v) is 5.08. The second-order valence-corrected chi connectivity index (χ2v) is 6.51. The van der Waals surface area contributed by atoms with Gasteiger partial charge in [0, 0.05) is 13.1 Å². The highest BCUT2D eigenvalue weighted by Gasteiger charge is 2.48. The summed E-state index contributed by atoms with van der Waals surface area (Å²) in [6.07, 6.45) is 1.84. The number of nitrogens with zero attached hydrogens (tertiary/aromatic N) is 1. The zero-order valence-electron chi connectivity index (χ0n) is 12.0. The van der Waals surface area contributed by atoms with E-state index in [-0.39, 0.29) is 0 Å². The molecule has 0 spiro atoms. The molecule has 0 saturated carbocycles. The van der Waals surface area contributed by atoms with E-state index in [0.717, 1.165) is 11.4 Å². The number of hydrogen-bond donors (Lipinski definition) is 4. The Kier molecular flexibility index (Phi) is 6.45. The molecule has 1 aliphatic rings. The number of nitrogens with one attached hydrogen (secondary N) is 3. The van der Waals surface area contributed by atoms with Gasteiger partial charge in [-0.25, -0.2) is 10.6 Å². The van der Waals surface area contributed by atoms with E-state index in [4.69, 9.17) is 5.84 Å². The molecule has 2 atom stereocenters. The van der Waals surface area contributed by atoms with E-state index >= 15 is 0 Å². The van der Waals surface area contributed by atoms with Gasteiger partial charge in [0.25, 0.3) is 5.91 Å². The largest absolute Gasteiger partial charge is 0.338 e. The molecule has 1 unspecified atom stereocenters. The van der Waals surface area contributed by atoms with Crippen molar-refractivity contribution >= 4 is 19.9 Å². The topological polar surface area (TPSA) is 117 Å². The van der Waals surface area contributed by atoms with Gasteiger partial charge in [-0.3, -0.25) is 20.2 Å². The van der Waals surface area contributed by atoms with Crippen LogP contribution in [0.15, 0.2) is 0 Å². The van der Waals surface area contributed by atoms with Gasteiger partial charge in [0.15, 0.2) is 13.2 Å². The lowest BCUT2D eigenvalue weighted by atomic mass is 10.1. The fraction of sp³-hybridized carbons (Fsp3) is 0.818. The molecule has 0 aromatic carbocycles. The van der Waals surface area contributed by atoms with Crippen LogP contribution >= 0.6 is 7.95 Å². The van der Waals surface area contributed by atoms with Crippen molar-refractivity contribution < 1.29 is 14.2 Å². The summed E-state index contributed by atoms with van der Waals surface area (Å²) >= 11 is 0. The summed E-state index contributed by atoms with van der Waals surface area (Å²) in [7, 11) is -2.72. The molecule has 0 bridgehead atoms. The van der Waals surface area contributed by atoms with Crippen LogP contribution in [0.4, 0.5) is 4.79 Å². The van der Waals surface area contributed by atoms with Crippen molar-refractivity contribution in [3.05, 3.63) is 0 Å². The van der Waals surface area contributed by atoms with Crippen LogP contribution in [0.3, 0.4) is 0 Å². The van der Waals surface area contributed by atoms with E-state index in [9.17, 15) is 14.2 Å². The van der Waals surface area contributed by atoms with Gasteiger partial charge in [-0.2, -0.15) is 0 Å². The Hall–Kier alpha value is -1.11. The second-order valence-electron chi connectivity index (χ2n) is 4.75. The molecule has 1 fully saturated rings. The third kappa shape index (κ3) is 3.71. The lowest BCUT2D eigenvalue weighted by molar-refractivity contribution is -0.138. The number of hydrazine groups is 1. The molecule has 8 nitrogen and oxygen atoms in total. The number of rotatable bonds is 6. The summed E-state index contributed by atoms with van der Waals surface area (Å²) < 4.78 is 12.5. The van der Waals surface area contributed by atoms with E-state index in [1.165, 1.54) is 0 Å². The summed E-state index contributed by atoms with van der Waals surface area (Å²) in [4.78, 5) is 23.8. The van der Waals surface area contributed by atoms with Crippen LogP contribution in [-0.4, -0.2) is 41.9 Å².